The summed E-state index contributed by atoms with van der Waals surface area (Å²) in [7, 11) is 0. The number of nitrogens with zero attached hydrogens (tertiary/aromatic N) is 2. The van der Waals surface area contributed by atoms with E-state index in [9.17, 15) is 24.5 Å². The van der Waals surface area contributed by atoms with Crippen LogP contribution >= 0.6 is 0 Å². The van der Waals surface area contributed by atoms with Gasteiger partial charge in [0.25, 0.3) is 17.5 Å². The highest BCUT2D eigenvalue weighted by Crippen LogP contribution is 2.60. The van der Waals surface area contributed by atoms with E-state index >= 15 is 0 Å². The van der Waals surface area contributed by atoms with Crippen LogP contribution in [-0.4, -0.2) is 28.0 Å². The van der Waals surface area contributed by atoms with Crippen molar-refractivity contribution in [2.75, 3.05) is 0 Å². The SMILES string of the molecule is C[C@]12C(=O)N(OC(=O)OCc3ccc([N+](=O)[O-])cc3)C(=O)[C@H]1C1C=CC2C1. The van der Waals surface area contributed by atoms with Gasteiger partial charge in [-0.1, -0.05) is 17.2 Å². The summed E-state index contributed by atoms with van der Waals surface area (Å²) in [4.78, 5) is 52.2. The number of rotatable bonds is 4. The van der Waals surface area contributed by atoms with Crippen molar-refractivity contribution in [1.29, 1.82) is 0 Å². The third-order valence-corrected chi connectivity index (χ3v) is 5.74. The molecular weight excluding hydrogens is 356 g/mol. The van der Waals surface area contributed by atoms with Crippen molar-refractivity contribution < 1.29 is 28.9 Å². The van der Waals surface area contributed by atoms with Gasteiger partial charge in [0.15, 0.2) is 0 Å². The predicted molar refractivity (Wildman–Crippen MR) is 88.6 cm³/mol. The number of allylic oxidation sites excluding steroid dienone is 2. The molecule has 4 rings (SSSR count). The molecule has 2 fully saturated rings. The Balaban J connectivity index is 1.38. The average Bonchev–Trinajstić information content (AvgIpc) is 3.28. The number of carbonyl (C=O) groups excluding carboxylic acids is 3. The normalized spacial score (nSPS) is 30.6. The van der Waals surface area contributed by atoms with Gasteiger partial charge >= 0.3 is 6.16 Å². The monoisotopic (exact) mass is 372 g/mol. The number of nitro groups is 1. The molecule has 9 heteroatoms. The molecule has 1 saturated heterocycles. The summed E-state index contributed by atoms with van der Waals surface area (Å²) in [5, 5.41) is 11.1. The Morgan fingerprint density at radius 3 is 2.63 bits per heavy atom. The number of carbonyl (C=O) groups is 3. The molecule has 2 amide bonds. The van der Waals surface area contributed by atoms with Crippen LogP contribution in [0.5, 0.6) is 0 Å². The number of ether oxygens (including phenoxy) is 1. The topological polar surface area (TPSA) is 116 Å². The Morgan fingerprint density at radius 1 is 1.30 bits per heavy atom. The lowest BCUT2D eigenvalue weighted by Crippen LogP contribution is -2.38. The van der Waals surface area contributed by atoms with E-state index in [2.05, 4.69) is 0 Å². The van der Waals surface area contributed by atoms with Crippen LogP contribution in [0.25, 0.3) is 0 Å². The zero-order chi connectivity index (χ0) is 19.3. The molecule has 1 saturated carbocycles. The molecule has 1 aromatic carbocycles. The molecule has 4 atom stereocenters. The van der Waals surface area contributed by atoms with Gasteiger partial charge in [0, 0.05) is 12.1 Å². The summed E-state index contributed by atoms with van der Waals surface area (Å²) in [5.74, 6) is -1.61. The lowest BCUT2D eigenvalue weighted by molar-refractivity contribution is -0.384. The van der Waals surface area contributed by atoms with Crippen molar-refractivity contribution in [3.8, 4) is 0 Å². The van der Waals surface area contributed by atoms with Crippen LogP contribution in [0.15, 0.2) is 36.4 Å². The Labute approximate surface area is 153 Å². The molecule has 2 bridgehead atoms. The highest BCUT2D eigenvalue weighted by molar-refractivity contribution is 6.08. The van der Waals surface area contributed by atoms with E-state index < -0.39 is 34.2 Å². The number of amides is 2. The van der Waals surface area contributed by atoms with Crippen molar-refractivity contribution in [3.63, 3.8) is 0 Å². The zero-order valence-corrected chi connectivity index (χ0v) is 14.4. The molecule has 140 valence electrons. The average molecular weight is 372 g/mol. The molecule has 1 aliphatic heterocycles. The molecule has 3 aliphatic rings. The molecule has 1 heterocycles. The minimum absolute atomic E-state index is 0.0128. The van der Waals surface area contributed by atoms with Gasteiger partial charge in [0.2, 0.25) is 0 Å². The number of fused-ring (bicyclic) bond motifs is 5. The molecule has 9 nitrogen and oxygen atoms in total. The maximum atomic E-state index is 12.7. The van der Waals surface area contributed by atoms with Crippen LogP contribution in [-0.2, 0) is 25.8 Å². The van der Waals surface area contributed by atoms with Crippen molar-refractivity contribution in [2.24, 2.45) is 23.2 Å². The Morgan fingerprint density at radius 2 is 2.00 bits per heavy atom. The standard InChI is InChI=1S/C18H16N2O7/c1-18-12-5-4-11(8-12)14(18)15(21)19(16(18)22)27-17(23)26-9-10-2-6-13(7-3-10)20(24)25/h2-7,11-12,14H,8-9H2,1H3/t11?,12?,14-,18-/m1/s1. The molecule has 27 heavy (non-hydrogen) atoms. The second-order valence-corrected chi connectivity index (χ2v) is 7.14. The number of benzene rings is 1. The fourth-order valence-electron chi connectivity index (χ4n) is 4.31. The summed E-state index contributed by atoms with van der Waals surface area (Å²) in [6, 6.07) is 5.43. The first-order chi connectivity index (χ1) is 12.8. The second kappa shape index (κ2) is 5.90. The summed E-state index contributed by atoms with van der Waals surface area (Å²) in [5.41, 5.74) is -0.463. The summed E-state index contributed by atoms with van der Waals surface area (Å²) in [6.07, 6.45) is 3.47. The number of nitro benzene ring substituents is 1. The smallest absolute Gasteiger partial charge is 0.428 e. The predicted octanol–water partition coefficient (Wildman–Crippen LogP) is 2.36. The van der Waals surface area contributed by atoms with E-state index in [4.69, 9.17) is 9.57 Å². The molecule has 0 N–H and O–H groups in total. The van der Waals surface area contributed by atoms with Crippen LogP contribution in [0.4, 0.5) is 10.5 Å². The molecule has 1 aromatic rings. The quantitative estimate of drug-likeness (QED) is 0.262. The van der Waals surface area contributed by atoms with Crippen LogP contribution in [0.1, 0.15) is 18.9 Å². The first-order valence-electron chi connectivity index (χ1n) is 8.47. The maximum Gasteiger partial charge on any atom is 0.534 e. The van der Waals surface area contributed by atoms with E-state index in [1.165, 1.54) is 24.3 Å². The lowest BCUT2D eigenvalue weighted by Gasteiger charge is -2.27. The van der Waals surface area contributed by atoms with Crippen LogP contribution in [0, 0.1) is 33.3 Å². The van der Waals surface area contributed by atoms with Gasteiger partial charge in [-0.2, -0.15) is 0 Å². The van der Waals surface area contributed by atoms with E-state index in [-0.39, 0.29) is 24.1 Å². The van der Waals surface area contributed by atoms with E-state index in [0.29, 0.717) is 10.6 Å². The fraction of sp³-hybridized carbons (Fsp3) is 0.389. The van der Waals surface area contributed by atoms with Crippen LogP contribution in [0.2, 0.25) is 0 Å². The molecule has 0 spiro atoms. The third-order valence-electron chi connectivity index (χ3n) is 5.74. The number of non-ortho nitro benzene ring substituents is 1. The molecule has 2 aliphatic carbocycles. The van der Waals surface area contributed by atoms with Crippen LogP contribution < -0.4 is 0 Å². The van der Waals surface area contributed by atoms with E-state index in [0.717, 1.165) is 6.42 Å². The molecule has 2 unspecified atom stereocenters. The van der Waals surface area contributed by atoms with Gasteiger partial charge in [-0.25, -0.2) is 4.79 Å². The Hall–Kier alpha value is -3.23. The molecular formula is C18H16N2O7. The number of hydrogen-bond donors (Lipinski definition) is 0. The Bertz CT molecular complexity index is 878. The minimum atomic E-state index is -1.18. The number of hydrogen-bond acceptors (Lipinski definition) is 7. The lowest BCUT2D eigenvalue weighted by atomic mass is 9.71. The van der Waals surface area contributed by atoms with Gasteiger partial charge in [-0.05, 0) is 42.9 Å². The molecule has 0 radical (unpaired) electrons. The number of hydroxylamine groups is 2. The van der Waals surface area contributed by atoms with E-state index in [1.807, 2.05) is 12.2 Å². The van der Waals surface area contributed by atoms with Gasteiger partial charge in [-0.3, -0.25) is 24.5 Å². The second-order valence-electron chi connectivity index (χ2n) is 7.14. The van der Waals surface area contributed by atoms with Crippen molar-refractivity contribution in [2.45, 2.75) is 20.0 Å². The number of imide groups is 1. The minimum Gasteiger partial charge on any atom is -0.428 e. The van der Waals surface area contributed by atoms with Gasteiger partial charge in [-0.15, -0.1) is 0 Å². The first-order valence-corrected chi connectivity index (χ1v) is 8.47. The highest BCUT2D eigenvalue weighted by atomic mass is 16.8. The largest absolute Gasteiger partial charge is 0.534 e. The van der Waals surface area contributed by atoms with Crippen molar-refractivity contribution in [1.82, 2.24) is 5.06 Å². The molecule has 0 aromatic heterocycles. The first kappa shape index (κ1) is 17.2. The third kappa shape index (κ3) is 2.49. The zero-order valence-electron chi connectivity index (χ0n) is 14.4. The van der Waals surface area contributed by atoms with Crippen LogP contribution in [0.3, 0.4) is 0 Å². The highest BCUT2D eigenvalue weighted by Gasteiger charge is 2.68. The summed E-state index contributed by atoms with van der Waals surface area (Å²) in [6.45, 7) is 1.53. The van der Waals surface area contributed by atoms with E-state index in [1.54, 1.807) is 6.92 Å². The summed E-state index contributed by atoms with van der Waals surface area (Å²) < 4.78 is 4.92. The van der Waals surface area contributed by atoms with Gasteiger partial charge in [0.05, 0.1) is 16.3 Å². The Kier molecular flexibility index (Phi) is 3.76. The van der Waals surface area contributed by atoms with Gasteiger partial charge in [0.1, 0.15) is 6.61 Å². The van der Waals surface area contributed by atoms with Crippen molar-refractivity contribution in [3.05, 3.63) is 52.1 Å². The fourth-order valence-corrected chi connectivity index (χ4v) is 4.31. The van der Waals surface area contributed by atoms with Gasteiger partial charge < -0.3 is 4.74 Å². The maximum absolute atomic E-state index is 12.7. The summed E-state index contributed by atoms with van der Waals surface area (Å²) >= 11 is 0. The van der Waals surface area contributed by atoms with Crippen molar-refractivity contribution >= 4 is 23.7 Å².